The van der Waals surface area contributed by atoms with Crippen LogP contribution in [-0.2, 0) is 32.2 Å². The van der Waals surface area contributed by atoms with E-state index in [2.05, 4.69) is 5.32 Å². The summed E-state index contributed by atoms with van der Waals surface area (Å²) >= 11 is 0. The van der Waals surface area contributed by atoms with Gasteiger partial charge in [-0.15, -0.1) is 0 Å². The maximum Gasteiger partial charge on any atom is 0.408 e. The first kappa shape index (κ1) is 19.9. The minimum absolute atomic E-state index is 0.117. The Morgan fingerprint density at radius 2 is 1.50 bits per heavy atom. The molecular weight excluding hydrogens is 358 g/mol. The number of benzene rings is 2. The van der Waals surface area contributed by atoms with Crippen molar-refractivity contribution in [2.75, 3.05) is 6.61 Å². The number of carbonyl (C=O) groups is 2. The quantitative estimate of drug-likeness (QED) is 0.558. The lowest BCUT2D eigenvalue weighted by atomic mass is 9.83. The van der Waals surface area contributed by atoms with Crippen molar-refractivity contribution in [1.82, 2.24) is 5.32 Å². The Kier molecular flexibility index (Phi) is 6.31. The highest BCUT2D eigenvalue weighted by Gasteiger charge is 2.57. The molecule has 1 saturated heterocycles. The molecule has 2 aromatic rings. The van der Waals surface area contributed by atoms with Gasteiger partial charge in [0.25, 0.3) is 0 Å². The van der Waals surface area contributed by atoms with Gasteiger partial charge in [0.2, 0.25) is 0 Å². The van der Waals surface area contributed by atoms with Crippen LogP contribution in [0.4, 0.5) is 4.79 Å². The molecule has 1 aliphatic heterocycles. The van der Waals surface area contributed by atoms with E-state index in [0.717, 1.165) is 11.1 Å². The van der Waals surface area contributed by atoms with Crippen LogP contribution in [0.1, 0.15) is 25.0 Å². The normalized spacial score (nSPS) is 17.5. The van der Waals surface area contributed by atoms with E-state index in [-0.39, 0.29) is 19.1 Å². The van der Waals surface area contributed by atoms with Gasteiger partial charge in [0.05, 0.1) is 6.61 Å². The van der Waals surface area contributed by atoms with Gasteiger partial charge in [-0.25, -0.2) is 9.59 Å². The third-order valence-electron chi connectivity index (χ3n) is 4.82. The number of nitrogens with one attached hydrogen (secondary N) is 1. The smallest absolute Gasteiger partial charge is 0.408 e. The number of ether oxygens (including phenoxy) is 3. The Morgan fingerprint density at radius 3 is 1.96 bits per heavy atom. The molecule has 148 valence electrons. The Morgan fingerprint density at radius 1 is 1.00 bits per heavy atom. The molecule has 6 heteroatoms. The van der Waals surface area contributed by atoms with Crippen LogP contribution in [0, 0.1) is 5.92 Å². The molecular formula is C22H25NO5. The molecule has 2 aromatic carbocycles. The summed E-state index contributed by atoms with van der Waals surface area (Å²) in [5.74, 6) is -0.766. The zero-order chi connectivity index (χ0) is 20.0. The van der Waals surface area contributed by atoms with Crippen molar-refractivity contribution in [3.8, 4) is 0 Å². The summed E-state index contributed by atoms with van der Waals surface area (Å²) in [4.78, 5) is 25.4. The summed E-state index contributed by atoms with van der Waals surface area (Å²) in [5.41, 5.74) is 0.446. The largest absolute Gasteiger partial charge is 0.459 e. The number of hydrogen-bond acceptors (Lipinski definition) is 5. The summed E-state index contributed by atoms with van der Waals surface area (Å²) in [6.07, 6.45) is -1.11. The molecule has 3 rings (SSSR count). The second kappa shape index (κ2) is 8.89. The predicted molar refractivity (Wildman–Crippen MR) is 103 cm³/mol. The van der Waals surface area contributed by atoms with Gasteiger partial charge in [0.15, 0.2) is 5.54 Å². The van der Waals surface area contributed by atoms with Crippen LogP contribution in [0.25, 0.3) is 0 Å². The van der Waals surface area contributed by atoms with Crippen molar-refractivity contribution < 1.29 is 23.8 Å². The molecule has 1 aliphatic rings. The van der Waals surface area contributed by atoms with E-state index in [4.69, 9.17) is 14.2 Å². The van der Waals surface area contributed by atoms with Crippen LogP contribution in [0.5, 0.6) is 0 Å². The van der Waals surface area contributed by atoms with Crippen LogP contribution < -0.4 is 5.32 Å². The van der Waals surface area contributed by atoms with Crippen molar-refractivity contribution in [3.63, 3.8) is 0 Å². The fourth-order valence-corrected chi connectivity index (χ4v) is 3.10. The molecule has 1 N–H and O–H groups in total. The molecule has 0 aromatic heterocycles. The zero-order valence-corrected chi connectivity index (χ0v) is 16.1. The Hall–Kier alpha value is -2.86. The van der Waals surface area contributed by atoms with Gasteiger partial charge in [-0.1, -0.05) is 74.5 Å². The van der Waals surface area contributed by atoms with E-state index in [1.165, 1.54) is 0 Å². The number of esters is 1. The van der Waals surface area contributed by atoms with Crippen molar-refractivity contribution >= 4 is 12.1 Å². The molecule has 0 saturated carbocycles. The van der Waals surface area contributed by atoms with Crippen molar-refractivity contribution in [1.29, 1.82) is 0 Å². The Bertz CT molecular complexity index is 785. The van der Waals surface area contributed by atoms with E-state index in [1.807, 2.05) is 74.5 Å². The molecule has 1 amide bonds. The van der Waals surface area contributed by atoms with Gasteiger partial charge in [0.1, 0.15) is 19.3 Å². The van der Waals surface area contributed by atoms with E-state index >= 15 is 0 Å². The molecule has 0 bridgehead atoms. The van der Waals surface area contributed by atoms with Gasteiger partial charge in [-0.2, -0.15) is 0 Å². The molecule has 0 aliphatic carbocycles. The number of amides is 1. The van der Waals surface area contributed by atoms with Crippen molar-refractivity contribution in [2.24, 2.45) is 5.92 Å². The van der Waals surface area contributed by atoms with Crippen LogP contribution in [0.3, 0.4) is 0 Å². The van der Waals surface area contributed by atoms with E-state index in [0.29, 0.717) is 6.61 Å². The number of alkyl carbamates (subject to hydrolysis) is 1. The monoisotopic (exact) mass is 383 g/mol. The van der Waals surface area contributed by atoms with Gasteiger partial charge in [0, 0.05) is 0 Å². The van der Waals surface area contributed by atoms with E-state index in [9.17, 15) is 9.59 Å². The average molecular weight is 383 g/mol. The van der Waals surface area contributed by atoms with E-state index < -0.39 is 23.7 Å². The minimum Gasteiger partial charge on any atom is -0.459 e. The lowest BCUT2D eigenvalue weighted by Gasteiger charge is -2.34. The van der Waals surface area contributed by atoms with Crippen LogP contribution >= 0.6 is 0 Å². The molecule has 0 unspecified atom stereocenters. The molecule has 28 heavy (non-hydrogen) atoms. The lowest BCUT2D eigenvalue weighted by molar-refractivity contribution is -0.156. The molecule has 1 heterocycles. The first-order valence-corrected chi connectivity index (χ1v) is 9.34. The van der Waals surface area contributed by atoms with Crippen molar-refractivity contribution in [3.05, 3.63) is 71.8 Å². The van der Waals surface area contributed by atoms with E-state index in [1.54, 1.807) is 0 Å². The lowest BCUT2D eigenvalue weighted by Crippen LogP contribution is -2.62. The minimum atomic E-state index is -1.29. The fraction of sp³-hybridized carbons (Fsp3) is 0.364. The van der Waals surface area contributed by atoms with Crippen molar-refractivity contribution in [2.45, 2.75) is 38.7 Å². The molecule has 0 radical (unpaired) electrons. The van der Waals surface area contributed by atoms with Crippen LogP contribution in [0.15, 0.2) is 60.7 Å². The number of epoxide rings is 1. The molecule has 0 spiro atoms. The summed E-state index contributed by atoms with van der Waals surface area (Å²) < 4.78 is 16.2. The standard InChI is InChI=1S/C22H25NO5/c1-16(2)22(19-15-26-19,20(24)27-13-17-9-5-3-6-10-17)23-21(25)28-14-18-11-7-4-8-12-18/h3-12,16,19H,13-15H2,1-2H3,(H,23,25)/t19-,22+/m1/s1. The number of hydrogen-bond donors (Lipinski definition) is 1. The number of carbonyl (C=O) groups excluding carboxylic acids is 2. The average Bonchev–Trinajstić information content (AvgIpc) is 3.55. The van der Waals surface area contributed by atoms with Gasteiger partial charge < -0.3 is 19.5 Å². The Labute approximate surface area is 164 Å². The van der Waals surface area contributed by atoms with Crippen LogP contribution in [0.2, 0.25) is 0 Å². The summed E-state index contributed by atoms with van der Waals surface area (Å²) in [5, 5.41) is 2.74. The topological polar surface area (TPSA) is 77.2 Å². The fourth-order valence-electron chi connectivity index (χ4n) is 3.10. The highest BCUT2D eigenvalue weighted by molar-refractivity contribution is 5.87. The first-order valence-electron chi connectivity index (χ1n) is 9.34. The second-order valence-corrected chi connectivity index (χ2v) is 7.09. The predicted octanol–water partition coefficient (Wildman–Crippen LogP) is 3.45. The van der Waals surface area contributed by atoms with Gasteiger partial charge >= 0.3 is 12.1 Å². The zero-order valence-electron chi connectivity index (χ0n) is 16.1. The SMILES string of the molecule is CC(C)[C@@](NC(=O)OCc1ccccc1)(C(=O)OCc1ccccc1)[C@H]1CO1. The number of rotatable bonds is 8. The third kappa shape index (κ3) is 4.70. The molecule has 2 atom stereocenters. The maximum absolute atomic E-state index is 13.0. The third-order valence-corrected chi connectivity index (χ3v) is 4.82. The summed E-state index contributed by atoms with van der Waals surface area (Å²) in [6.45, 7) is 4.33. The van der Waals surface area contributed by atoms with Gasteiger partial charge in [-0.05, 0) is 17.0 Å². The van der Waals surface area contributed by atoms with Crippen LogP contribution in [-0.4, -0.2) is 30.3 Å². The van der Waals surface area contributed by atoms with Gasteiger partial charge in [-0.3, -0.25) is 0 Å². The highest BCUT2D eigenvalue weighted by Crippen LogP contribution is 2.33. The first-order chi connectivity index (χ1) is 13.5. The highest BCUT2D eigenvalue weighted by atomic mass is 16.6. The molecule has 1 fully saturated rings. The molecule has 6 nitrogen and oxygen atoms in total. The Balaban J connectivity index is 1.67. The summed E-state index contributed by atoms with van der Waals surface area (Å²) in [6, 6.07) is 18.7. The summed E-state index contributed by atoms with van der Waals surface area (Å²) in [7, 11) is 0. The second-order valence-electron chi connectivity index (χ2n) is 7.09. The maximum atomic E-state index is 13.0.